The summed E-state index contributed by atoms with van der Waals surface area (Å²) in [6, 6.07) is 8.21. The van der Waals surface area contributed by atoms with Crippen LogP contribution < -0.4 is 0 Å². The summed E-state index contributed by atoms with van der Waals surface area (Å²) in [5.74, 6) is 0.0823. The number of piperidine rings is 1. The van der Waals surface area contributed by atoms with Gasteiger partial charge in [-0.25, -0.2) is 8.42 Å². The van der Waals surface area contributed by atoms with Crippen LogP contribution in [0.1, 0.15) is 36.8 Å². The van der Waals surface area contributed by atoms with Crippen molar-refractivity contribution in [2.24, 2.45) is 0 Å². The van der Waals surface area contributed by atoms with Crippen molar-refractivity contribution >= 4 is 10.0 Å². The molecule has 138 valence electrons. The maximum Gasteiger partial charge on any atom is 0.218 e. The number of sulfonamides is 1. The topological polar surface area (TPSA) is 49.9 Å². The molecule has 0 radical (unpaired) electrons. The summed E-state index contributed by atoms with van der Waals surface area (Å²) in [6.45, 7) is 6.13. The molecule has 0 amide bonds. The summed E-state index contributed by atoms with van der Waals surface area (Å²) in [7, 11) is -3.26. The van der Waals surface area contributed by atoms with E-state index in [2.05, 4.69) is 4.90 Å². The lowest BCUT2D eigenvalue weighted by atomic mass is 9.91. The average Bonchev–Trinajstić information content (AvgIpc) is 3.02. The fourth-order valence-electron chi connectivity index (χ4n) is 4.34. The van der Waals surface area contributed by atoms with Crippen molar-refractivity contribution in [3.8, 4) is 0 Å². The van der Waals surface area contributed by atoms with E-state index in [1.807, 2.05) is 31.2 Å². The van der Waals surface area contributed by atoms with E-state index in [0.29, 0.717) is 19.1 Å². The number of nitrogens with zero attached hydrogens (tertiary/aromatic N) is 2. The van der Waals surface area contributed by atoms with Crippen molar-refractivity contribution in [1.29, 1.82) is 0 Å². The number of ether oxygens (including phenoxy) is 1. The molecule has 4 rings (SSSR count). The van der Waals surface area contributed by atoms with Crippen LogP contribution in [0.2, 0.25) is 0 Å². The molecular weight excluding hydrogens is 336 g/mol. The highest BCUT2D eigenvalue weighted by molar-refractivity contribution is 7.88. The Morgan fingerprint density at radius 2 is 1.80 bits per heavy atom. The Morgan fingerprint density at radius 1 is 1.12 bits per heavy atom. The van der Waals surface area contributed by atoms with Gasteiger partial charge in [0.05, 0.1) is 18.0 Å². The van der Waals surface area contributed by atoms with E-state index < -0.39 is 10.0 Å². The number of likely N-dealkylation sites (tertiary alicyclic amines) is 1. The van der Waals surface area contributed by atoms with Crippen molar-refractivity contribution in [2.45, 2.75) is 50.0 Å². The van der Waals surface area contributed by atoms with E-state index >= 15 is 0 Å². The molecule has 1 atom stereocenters. The van der Waals surface area contributed by atoms with Gasteiger partial charge in [0, 0.05) is 19.1 Å². The second-order valence-electron chi connectivity index (χ2n) is 7.96. The lowest BCUT2D eigenvalue weighted by Crippen LogP contribution is -2.63. The molecule has 5 nitrogen and oxygen atoms in total. The highest BCUT2D eigenvalue weighted by Crippen LogP contribution is 2.39. The molecule has 3 heterocycles. The van der Waals surface area contributed by atoms with Gasteiger partial charge in [-0.15, -0.1) is 0 Å². The van der Waals surface area contributed by atoms with Gasteiger partial charge in [0.1, 0.15) is 0 Å². The summed E-state index contributed by atoms with van der Waals surface area (Å²) in [4.78, 5) is 2.54. The maximum atomic E-state index is 12.7. The summed E-state index contributed by atoms with van der Waals surface area (Å²) < 4.78 is 33.0. The van der Waals surface area contributed by atoms with Crippen LogP contribution in [0.3, 0.4) is 0 Å². The molecule has 3 fully saturated rings. The third kappa shape index (κ3) is 3.63. The van der Waals surface area contributed by atoms with Crippen molar-refractivity contribution < 1.29 is 13.2 Å². The fourth-order valence-corrected chi connectivity index (χ4v) is 6.00. The summed E-state index contributed by atoms with van der Waals surface area (Å²) in [5.41, 5.74) is 1.76. The number of rotatable bonds is 4. The normalized spacial score (nSPS) is 27.5. The van der Waals surface area contributed by atoms with Crippen LogP contribution >= 0.6 is 0 Å². The van der Waals surface area contributed by atoms with Gasteiger partial charge in [-0.2, -0.15) is 4.31 Å². The Hall–Kier alpha value is -0.950. The minimum atomic E-state index is -3.26. The monoisotopic (exact) mass is 364 g/mol. The van der Waals surface area contributed by atoms with Crippen molar-refractivity contribution in [3.05, 3.63) is 35.4 Å². The molecule has 1 aromatic carbocycles. The average molecular weight is 365 g/mol. The highest BCUT2D eigenvalue weighted by atomic mass is 32.2. The zero-order valence-corrected chi connectivity index (χ0v) is 15.8. The number of benzene rings is 1. The van der Waals surface area contributed by atoms with E-state index in [1.54, 1.807) is 4.31 Å². The first-order valence-corrected chi connectivity index (χ1v) is 11.0. The predicted molar refractivity (Wildman–Crippen MR) is 97.9 cm³/mol. The van der Waals surface area contributed by atoms with E-state index in [4.69, 9.17) is 4.74 Å². The molecule has 0 aromatic heterocycles. The molecular formula is C19H28N2O3S. The van der Waals surface area contributed by atoms with Gasteiger partial charge in [-0.3, -0.25) is 4.90 Å². The first kappa shape index (κ1) is 17.5. The minimum Gasteiger partial charge on any atom is -0.371 e. The molecule has 0 saturated carbocycles. The second-order valence-corrected chi connectivity index (χ2v) is 9.93. The quantitative estimate of drug-likeness (QED) is 0.821. The van der Waals surface area contributed by atoms with Crippen molar-refractivity contribution in [2.75, 3.05) is 32.8 Å². The smallest absolute Gasteiger partial charge is 0.218 e. The largest absolute Gasteiger partial charge is 0.371 e. The third-order valence-electron chi connectivity index (χ3n) is 5.89. The van der Waals surface area contributed by atoms with Crippen LogP contribution in [0.15, 0.2) is 24.3 Å². The van der Waals surface area contributed by atoms with Crippen LogP contribution in [-0.4, -0.2) is 62.1 Å². The molecule has 1 unspecified atom stereocenters. The molecule has 3 aliphatic rings. The fraction of sp³-hybridized carbons (Fsp3) is 0.684. The molecule has 3 saturated heterocycles. The lowest BCUT2D eigenvalue weighted by Gasteiger charge is -2.46. The molecule has 1 aromatic rings. The number of hydrogen-bond donors (Lipinski definition) is 0. The van der Waals surface area contributed by atoms with Crippen LogP contribution in [-0.2, 0) is 20.5 Å². The van der Waals surface area contributed by atoms with Gasteiger partial charge >= 0.3 is 0 Å². The number of hydrogen-bond acceptors (Lipinski definition) is 4. The first-order valence-electron chi connectivity index (χ1n) is 9.37. The van der Waals surface area contributed by atoms with Crippen molar-refractivity contribution in [1.82, 2.24) is 9.21 Å². The zero-order chi connectivity index (χ0) is 17.5. The van der Waals surface area contributed by atoms with E-state index in [0.717, 1.165) is 24.2 Å². The van der Waals surface area contributed by atoms with Gasteiger partial charge in [0.2, 0.25) is 10.0 Å². The van der Waals surface area contributed by atoms with E-state index in [-0.39, 0.29) is 11.4 Å². The number of aryl methyl sites for hydroxylation is 1. The van der Waals surface area contributed by atoms with Crippen LogP contribution in [0.25, 0.3) is 0 Å². The van der Waals surface area contributed by atoms with Gasteiger partial charge < -0.3 is 4.74 Å². The molecule has 6 heteroatoms. The van der Waals surface area contributed by atoms with Gasteiger partial charge in [0.25, 0.3) is 0 Å². The van der Waals surface area contributed by atoms with Gasteiger partial charge in [-0.05, 0) is 44.8 Å². The van der Waals surface area contributed by atoms with Crippen molar-refractivity contribution in [3.63, 3.8) is 0 Å². The molecule has 1 spiro atoms. The zero-order valence-electron chi connectivity index (χ0n) is 15.0. The first-order chi connectivity index (χ1) is 12.0. The lowest BCUT2D eigenvalue weighted by molar-refractivity contribution is -0.0775. The van der Waals surface area contributed by atoms with Crippen LogP contribution in [0.5, 0.6) is 0 Å². The predicted octanol–water partition coefficient (Wildman–Crippen LogP) is 2.15. The van der Waals surface area contributed by atoms with E-state index in [9.17, 15) is 8.42 Å². The summed E-state index contributed by atoms with van der Waals surface area (Å²) >= 11 is 0. The van der Waals surface area contributed by atoms with Gasteiger partial charge in [-0.1, -0.05) is 36.2 Å². The highest BCUT2D eigenvalue weighted by Gasteiger charge is 2.54. The van der Waals surface area contributed by atoms with Crippen LogP contribution in [0.4, 0.5) is 0 Å². The summed E-state index contributed by atoms with van der Waals surface area (Å²) in [6.07, 6.45) is 4.87. The molecule has 0 aliphatic carbocycles. The van der Waals surface area contributed by atoms with E-state index in [1.165, 1.54) is 32.4 Å². The Balaban J connectivity index is 1.34. The Labute approximate surface area is 151 Å². The molecule has 25 heavy (non-hydrogen) atoms. The van der Waals surface area contributed by atoms with Gasteiger partial charge in [0.15, 0.2) is 0 Å². The molecule has 0 N–H and O–H groups in total. The Morgan fingerprint density at radius 3 is 2.48 bits per heavy atom. The second kappa shape index (κ2) is 6.65. The minimum absolute atomic E-state index is 0.0823. The van der Waals surface area contributed by atoms with Crippen LogP contribution in [0, 0.1) is 6.92 Å². The SMILES string of the molecule is Cc1ccc(CS(=O)(=O)N2CC3(CC(N4CCCCC4)CO3)C2)cc1. The molecule has 3 aliphatic heterocycles. The third-order valence-corrected chi connectivity index (χ3v) is 7.63. The standard InChI is InChI=1S/C19H28N2O3S/c1-16-5-7-17(8-6-16)13-25(22,23)21-14-19(15-21)11-18(12-24-19)20-9-3-2-4-10-20/h5-8,18H,2-4,9-15H2,1H3. The maximum absolute atomic E-state index is 12.7. The Bertz CT molecular complexity index is 705. The Kier molecular flexibility index (Phi) is 4.65. The molecule has 0 bridgehead atoms. The summed E-state index contributed by atoms with van der Waals surface area (Å²) in [5, 5.41) is 0.